The number of carbonyl (C=O) groups excluding carboxylic acids is 1. The Kier molecular flexibility index (Phi) is 7.75. The standard InChI is InChI=1S/C12H24N2O2.ClH/c1-3-6-12(2,13)11(15)14-7-8-16-9-10-4-5-10;/h10H,3-9,13H2,1-2H3,(H,14,15);1H. The molecule has 1 saturated carbocycles. The maximum atomic E-state index is 11.7. The van der Waals surface area contributed by atoms with E-state index < -0.39 is 5.54 Å². The van der Waals surface area contributed by atoms with E-state index >= 15 is 0 Å². The van der Waals surface area contributed by atoms with Gasteiger partial charge in [0, 0.05) is 13.2 Å². The van der Waals surface area contributed by atoms with Crippen LogP contribution in [-0.2, 0) is 9.53 Å². The number of amides is 1. The first kappa shape index (κ1) is 16.7. The number of nitrogens with two attached hydrogens (primary N) is 1. The molecule has 0 aliphatic heterocycles. The summed E-state index contributed by atoms with van der Waals surface area (Å²) in [7, 11) is 0. The van der Waals surface area contributed by atoms with Gasteiger partial charge in [-0.25, -0.2) is 0 Å². The molecule has 17 heavy (non-hydrogen) atoms. The zero-order chi connectivity index (χ0) is 12.0. The number of nitrogens with one attached hydrogen (secondary N) is 1. The first-order chi connectivity index (χ1) is 7.56. The molecular formula is C12H25ClN2O2. The van der Waals surface area contributed by atoms with Crippen molar-refractivity contribution in [1.82, 2.24) is 5.32 Å². The quantitative estimate of drug-likeness (QED) is 0.653. The fourth-order valence-electron chi connectivity index (χ4n) is 1.61. The first-order valence-electron chi connectivity index (χ1n) is 6.21. The molecule has 1 rings (SSSR count). The van der Waals surface area contributed by atoms with Crippen LogP contribution in [0.3, 0.4) is 0 Å². The molecule has 0 radical (unpaired) electrons. The molecule has 1 unspecified atom stereocenters. The normalized spacial score (nSPS) is 18.1. The fraction of sp³-hybridized carbons (Fsp3) is 0.917. The molecule has 0 bridgehead atoms. The summed E-state index contributed by atoms with van der Waals surface area (Å²) in [6.45, 7) is 5.78. The molecule has 1 aliphatic rings. The highest BCUT2D eigenvalue weighted by atomic mass is 35.5. The van der Waals surface area contributed by atoms with Crippen molar-refractivity contribution >= 4 is 18.3 Å². The molecule has 1 aliphatic carbocycles. The fourth-order valence-corrected chi connectivity index (χ4v) is 1.61. The molecule has 0 aromatic heterocycles. The zero-order valence-electron chi connectivity index (χ0n) is 10.8. The van der Waals surface area contributed by atoms with Crippen molar-refractivity contribution in [1.29, 1.82) is 0 Å². The van der Waals surface area contributed by atoms with Gasteiger partial charge in [-0.1, -0.05) is 13.3 Å². The summed E-state index contributed by atoms with van der Waals surface area (Å²) in [5, 5.41) is 2.81. The Hall–Kier alpha value is -0.320. The van der Waals surface area contributed by atoms with Crippen molar-refractivity contribution in [2.75, 3.05) is 19.8 Å². The number of hydrogen-bond donors (Lipinski definition) is 2. The van der Waals surface area contributed by atoms with E-state index in [1.807, 2.05) is 6.92 Å². The lowest BCUT2D eigenvalue weighted by atomic mass is 9.97. The number of carbonyl (C=O) groups is 1. The average Bonchev–Trinajstić information content (AvgIpc) is 3.00. The third kappa shape index (κ3) is 6.86. The minimum absolute atomic E-state index is 0. The van der Waals surface area contributed by atoms with Crippen molar-refractivity contribution in [2.45, 2.75) is 45.1 Å². The molecule has 1 fully saturated rings. The lowest BCUT2D eigenvalue weighted by molar-refractivity contribution is -0.126. The van der Waals surface area contributed by atoms with Crippen LogP contribution in [0.5, 0.6) is 0 Å². The Balaban J connectivity index is 0.00000256. The predicted molar refractivity (Wildman–Crippen MR) is 71.3 cm³/mol. The molecular weight excluding hydrogens is 240 g/mol. The van der Waals surface area contributed by atoms with Gasteiger partial charge in [0.2, 0.25) is 5.91 Å². The summed E-state index contributed by atoms with van der Waals surface area (Å²) in [4.78, 5) is 11.7. The van der Waals surface area contributed by atoms with E-state index in [1.54, 1.807) is 6.92 Å². The Morgan fingerprint density at radius 2 is 2.18 bits per heavy atom. The van der Waals surface area contributed by atoms with E-state index in [9.17, 15) is 4.79 Å². The van der Waals surface area contributed by atoms with E-state index in [0.717, 1.165) is 18.9 Å². The van der Waals surface area contributed by atoms with Crippen molar-refractivity contribution in [2.24, 2.45) is 11.7 Å². The van der Waals surface area contributed by atoms with Gasteiger partial charge in [-0.3, -0.25) is 4.79 Å². The van der Waals surface area contributed by atoms with Crippen LogP contribution in [-0.4, -0.2) is 31.2 Å². The molecule has 1 atom stereocenters. The SMILES string of the molecule is CCCC(C)(N)C(=O)NCCOCC1CC1.Cl. The minimum Gasteiger partial charge on any atom is -0.379 e. The second-order valence-corrected chi connectivity index (χ2v) is 4.94. The third-order valence-electron chi connectivity index (χ3n) is 2.87. The number of ether oxygens (including phenoxy) is 1. The topological polar surface area (TPSA) is 64.4 Å². The lowest BCUT2D eigenvalue weighted by Gasteiger charge is -2.22. The molecule has 3 N–H and O–H groups in total. The number of hydrogen-bond acceptors (Lipinski definition) is 3. The minimum atomic E-state index is -0.745. The Labute approximate surface area is 110 Å². The number of halogens is 1. The van der Waals surface area contributed by atoms with Gasteiger partial charge in [-0.05, 0) is 32.1 Å². The molecule has 4 nitrogen and oxygen atoms in total. The van der Waals surface area contributed by atoms with Crippen LogP contribution in [0.4, 0.5) is 0 Å². The van der Waals surface area contributed by atoms with Crippen LogP contribution in [0.2, 0.25) is 0 Å². The second kappa shape index (κ2) is 7.90. The molecule has 5 heteroatoms. The van der Waals surface area contributed by atoms with Crippen LogP contribution in [0.1, 0.15) is 39.5 Å². The number of rotatable bonds is 8. The Bertz CT molecular complexity index is 231. The van der Waals surface area contributed by atoms with Gasteiger partial charge in [0.25, 0.3) is 0 Å². The summed E-state index contributed by atoms with van der Waals surface area (Å²) in [5.41, 5.74) is 5.15. The van der Waals surface area contributed by atoms with Gasteiger partial charge < -0.3 is 15.8 Å². The van der Waals surface area contributed by atoms with Gasteiger partial charge in [0.05, 0.1) is 12.1 Å². The monoisotopic (exact) mass is 264 g/mol. The van der Waals surface area contributed by atoms with Gasteiger partial charge in [0.15, 0.2) is 0 Å². The van der Waals surface area contributed by atoms with E-state index in [1.165, 1.54) is 12.8 Å². The predicted octanol–water partition coefficient (Wildman–Crippen LogP) is 1.47. The zero-order valence-corrected chi connectivity index (χ0v) is 11.6. The van der Waals surface area contributed by atoms with Gasteiger partial charge in [-0.15, -0.1) is 12.4 Å². The average molecular weight is 265 g/mol. The van der Waals surface area contributed by atoms with Crippen molar-refractivity contribution < 1.29 is 9.53 Å². The van der Waals surface area contributed by atoms with Crippen LogP contribution in [0, 0.1) is 5.92 Å². The van der Waals surface area contributed by atoms with Crippen LogP contribution in [0.25, 0.3) is 0 Å². The van der Waals surface area contributed by atoms with Gasteiger partial charge >= 0.3 is 0 Å². The van der Waals surface area contributed by atoms with Crippen molar-refractivity contribution in [3.63, 3.8) is 0 Å². The first-order valence-corrected chi connectivity index (χ1v) is 6.21. The molecule has 1 amide bonds. The smallest absolute Gasteiger partial charge is 0.239 e. The lowest BCUT2D eigenvalue weighted by Crippen LogP contribution is -2.52. The summed E-state index contributed by atoms with van der Waals surface area (Å²) in [6, 6.07) is 0. The summed E-state index contributed by atoms with van der Waals surface area (Å²) in [5.74, 6) is 0.694. The molecule has 0 spiro atoms. The highest BCUT2D eigenvalue weighted by Gasteiger charge is 2.26. The molecule has 102 valence electrons. The third-order valence-corrected chi connectivity index (χ3v) is 2.87. The van der Waals surface area contributed by atoms with Crippen LogP contribution < -0.4 is 11.1 Å². The highest BCUT2D eigenvalue weighted by Crippen LogP contribution is 2.28. The van der Waals surface area contributed by atoms with E-state index in [2.05, 4.69) is 5.32 Å². The largest absolute Gasteiger partial charge is 0.379 e. The Morgan fingerprint density at radius 3 is 2.71 bits per heavy atom. The summed E-state index contributed by atoms with van der Waals surface area (Å²) < 4.78 is 5.43. The summed E-state index contributed by atoms with van der Waals surface area (Å²) in [6.07, 6.45) is 4.22. The molecule has 0 aromatic rings. The molecule has 0 saturated heterocycles. The van der Waals surface area contributed by atoms with Crippen molar-refractivity contribution in [3.8, 4) is 0 Å². The van der Waals surface area contributed by atoms with Crippen molar-refractivity contribution in [3.05, 3.63) is 0 Å². The highest BCUT2D eigenvalue weighted by molar-refractivity contribution is 5.85. The maximum absolute atomic E-state index is 11.7. The maximum Gasteiger partial charge on any atom is 0.239 e. The van der Waals surface area contributed by atoms with E-state index in [-0.39, 0.29) is 18.3 Å². The second-order valence-electron chi connectivity index (χ2n) is 4.94. The van der Waals surface area contributed by atoms with Crippen LogP contribution >= 0.6 is 12.4 Å². The van der Waals surface area contributed by atoms with Crippen LogP contribution in [0.15, 0.2) is 0 Å². The Morgan fingerprint density at radius 1 is 1.53 bits per heavy atom. The van der Waals surface area contributed by atoms with E-state index in [0.29, 0.717) is 19.6 Å². The summed E-state index contributed by atoms with van der Waals surface area (Å²) >= 11 is 0. The van der Waals surface area contributed by atoms with Gasteiger partial charge in [0.1, 0.15) is 0 Å². The van der Waals surface area contributed by atoms with Gasteiger partial charge in [-0.2, -0.15) is 0 Å². The molecule has 0 aromatic carbocycles. The van der Waals surface area contributed by atoms with E-state index in [4.69, 9.17) is 10.5 Å². The molecule has 0 heterocycles.